The van der Waals surface area contributed by atoms with Crippen LogP contribution >= 0.6 is 0 Å². The molecule has 27 heavy (non-hydrogen) atoms. The Bertz CT molecular complexity index is 1000. The van der Waals surface area contributed by atoms with Gasteiger partial charge in [0.05, 0.1) is 0 Å². The molecule has 1 aromatic heterocycles. The maximum atomic E-state index is 12.4. The zero-order valence-corrected chi connectivity index (χ0v) is 16.2. The second-order valence-electron chi connectivity index (χ2n) is 7.63. The van der Waals surface area contributed by atoms with Gasteiger partial charge in [0, 0.05) is 29.1 Å². The third-order valence-electron chi connectivity index (χ3n) is 5.62. The molecule has 0 saturated heterocycles. The highest BCUT2D eigenvalue weighted by Crippen LogP contribution is 2.30. The van der Waals surface area contributed by atoms with Crippen LogP contribution in [-0.2, 0) is 17.6 Å². The Kier molecular flexibility index (Phi) is 4.65. The van der Waals surface area contributed by atoms with Crippen molar-refractivity contribution in [3.05, 3.63) is 64.3 Å². The fourth-order valence-electron chi connectivity index (χ4n) is 3.96. The van der Waals surface area contributed by atoms with E-state index < -0.39 is 0 Å². The number of hydrogen-bond donors (Lipinski definition) is 2. The fraction of sp³-hybridized carbons (Fsp3) is 0.348. The molecule has 140 valence electrons. The second kappa shape index (κ2) is 7.10. The summed E-state index contributed by atoms with van der Waals surface area (Å²) in [7, 11) is 0. The van der Waals surface area contributed by atoms with Gasteiger partial charge in [0.25, 0.3) is 5.91 Å². The Balaban J connectivity index is 1.39. The standard InChI is InChI=1S/C23H26N2O2/c1-14-7-10-20-19(11-14)18-9-8-17(12-21(18)25-20)24-23(26)13-27-22-6-4-5-15(2)16(22)3/h4-7,10-11,17,25H,8-9,12-13H2,1-3H3,(H,24,26). The number of H-pyrrole nitrogens is 1. The van der Waals surface area contributed by atoms with Gasteiger partial charge in [-0.1, -0.05) is 23.8 Å². The number of amides is 1. The van der Waals surface area contributed by atoms with Crippen molar-refractivity contribution in [1.82, 2.24) is 10.3 Å². The average Bonchev–Trinajstić information content (AvgIpc) is 3.00. The Labute approximate surface area is 159 Å². The molecule has 1 aliphatic rings. The summed E-state index contributed by atoms with van der Waals surface area (Å²) in [5, 5.41) is 4.46. The second-order valence-corrected chi connectivity index (χ2v) is 7.63. The van der Waals surface area contributed by atoms with Crippen LogP contribution in [0.5, 0.6) is 5.75 Å². The molecule has 4 nitrogen and oxygen atoms in total. The van der Waals surface area contributed by atoms with Crippen molar-refractivity contribution in [3.63, 3.8) is 0 Å². The van der Waals surface area contributed by atoms with Crippen LogP contribution in [0.3, 0.4) is 0 Å². The zero-order chi connectivity index (χ0) is 19.0. The van der Waals surface area contributed by atoms with Crippen LogP contribution < -0.4 is 10.1 Å². The largest absolute Gasteiger partial charge is 0.483 e. The summed E-state index contributed by atoms with van der Waals surface area (Å²) in [5.74, 6) is 0.721. The monoisotopic (exact) mass is 362 g/mol. The summed E-state index contributed by atoms with van der Waals surface area (Å²) < 4.78 is 5.73. The predicted molar refractivity (Wildman–Crippen MR) is 108 cm³/mol. The van der Waals surface area contributed by atoms with Gasteiger partial charge in [0.15, 0.2) is 6.61 Å². The molecule has 1 amide bonds. The van der Waals surface area contributed by atoms with E-state index in [1.54, 1.807) is 0 Å². The highest BCUT2D eigenvalue weighted by molar-refractivity contribution is 5.86. The van der Waals surface area contributed by atoms with E-state index in [1.807, 2.05) is 32.0 Å². The number of carbonyl (C=O) groups is 1. The Morgan fingerprint density at radius 1 is 1.22 bits per heavy atom. The molecule has 2 N–H and O–H groups in total. The van der Waals surface area contributed by atoms with Crippen molar-refractivity contribution in [1.29, 1.82) is 0 Å². The van der Waals surface area contributed by atoms with Gasteiger partial charge in [0.2, 0.25) is 0 Å². The van der Waals surface area contributed by atoms with Crippen molar-refractivity contribution >= 4 is 16.8 Å². The molecule has 1 unspecified atom stereocenters. The average molecular weight is 362 g/mol. The fourth-order valence-corrected chi connectivity index (χ4v) is 3.96. The number of hydrogen-bond acceptors (Lipinski definition) is 2. The summed E-state index contributed by atoms with van der Waals surface area (Å²) in [6.45, 7) is 6.24. The number of aromatic nitrogens is 1. The van der Waals surface area contributed by atoms with E-state index in [2.05, 4.69) is 35.4 Å². The highest BCUT2D eigenvalue weighted by Gasteiger charge is 2.23. The molecule has 0 fully saturated rings. The molecule has 4 heteroatoms. The lowest BCUT2D eigenvalue weighted by atomic mass is 9.91. The zero-order valence-electron chi connectivity index (χ0n) is 16.2. The van der Waals surface area contributed by atoms with Gasteiger partial charge in [-0.05, 0) is 68.5 Å². The predicted octanol–water partition coefficient (Wildman–Crippen LogP) is 4.15. The number of aromatic amines is 1. The molecule has 0 spiro atoms. The summed E-state index contributed by atoms with van der Waals surface area (Å²) in [6, 6.07) is 12.6. The molecule has 1 atom stereocenters. The molecule has 2 aromatic carbocycles. The number of aryl methyl sites for hydroxylation is 3. The van der Waals surface area contributed by atoms with Crippen molar-refractivity contribution in [3.8, 4) is 5.75 Å². The molecule has 4 rings (SSSR count). The van der Waals surface area contributed by atoms with Crippen molar-refractivity contribution in [2.45, 2.75) is 46.1 Å². The van der Waals surface area contributed by atoms with Gasteiger partial charge in [0.1, 0.15) is 5.75 Å². The SMILES string of the molecule is Cc1ccc2[nH]c3c(c2c1)CCC(NC(=O)COc1cccc(C)c1C)C3. The topological polar surface area (TPSA) is 54.1 Å². The van der Waals surface area contributed by atoms with Gasteiger partial charge < -0.3 is 15.0 Å². The Hall–Kier alpha value is -2.75. The number of benzene rings is 2. The Morgan fingerprint density at radius 2 is 2.07 bits per heavy atom. The third-order valence-corrected chi connectivity index (χ3v) is 5.62. The summed E-state index contributed by atoms with van der Waals surface area (Å²) in [4.78, 5) is 15.9. The molecule has 1 heterocycles. The smallest absolute Gasteiger partial charge is 0.258 e. The number of nitrogens with one attached hydrogen (secondary N) is 2. The number of fused-ring (bicyclic) bond motifs is 3. The highest BCUT2D eigenvalue weighted by atomic mass is 16.5. The quantitative estimate of drug-likeness (QED) is 0.733. The van der Waals surface area contributed by atoms with Gasteiger partial charge in [-0.25, -0.2) is 0 Å². The lowest BCUT2D eigenvalue weighted by Gasteiger charge is -2.23. The van der Waals surface area contributed by atoms with Crippen molar-refractivity contribution in [2.75, 3.05) is 6.61 Å². The molecule has 0 radical (unpaired) electrons. The first-order valence-electron chi connectivity index (χ1n) is 9.59. The van der Waals surface area contributed by atoms with E-state index >= 15 is 0 Å². The minimum absolute atomic E-state index is 0.0551. The molecule has 0 bridgehead atoms. The van der Waals surface area contributed by atoms with E-state index in [0.717, 1.165) is 30.6 Å². The maximum Gasteiger partial charge on any atom is 0.258 e. The molecule has 1 aliphatic carbocycles. The normalized spacial score (nSPS) is 16.2. The minimum atomic E-state index is -0.0590. The number of ether oxygens (including phenoxy) is 1. The van der Waals surface area contributed by atoms with Gasteiger partial charge >= 0.3 is 0 Å². The van der Waals surface area contributed by atoms with Crippen LogP contribution in [-0.4, -0.2) is 23.5 Å². The van der Waals surface area contributed by atoms with Crippen LogP contribution in [0.4, 0.5) is 0 Å². The minimum Gasteiger partial charge on any atom is -0.483 e. The first-order valence-corrected chi connectivity index (χ1v) is 9.59. The van der Waals surface area contributed by atoms with E-state index in [1.165, 1.54) is 33.3 Å². The Morgan fingerprint density at radius 3 is 2.93 bits per heavy atom. The van der Waals surface area contributed by atoms with E-state index in [-0.39, 0.29) is 18.6 Å². The molecule has 0 saturated carbocycles. The van der Waals surface area contributed by atoms with Crippen LogP contribution in [0.1, 0.15) is 34.4 Å². The summed E-state index contributed by atoms with van der Waals surface area (Å²) in [6.07, 6.45) is 2.79. The van der Waals surface area contributed by atoms with Crippen molar-refractivity contribution in [2.24, 2.45) is 0 Å². The van der Waals surface area contributed by atoms with Gasteiger partial charge in [-0.2, -0.15) is 0 Å². The third kappa shape index (κ3) is 3.57. The van der Waals surface area contributed by atoms with Gasteiger partial charge in [-0.15, -0.1) is 0 Å². The maximum absolute atomic E-state index is 12.4. The van der Waals surface area contributed by atoms with Crippen LogP contribution in [0.2, 0.25) is 0 Å². The molecular weight excluding hydrogens is 336 g/mol. The van der Waals surface area contributed by atoms with Crippen LogP contribution in [0, 0.1) is 20.8 Å². The molecular formula is C23H26N2O2. The molecule has 3 aromatic rings. The first kappa shape index (κ1) is 17.7. The summed E-state index contributed by atoms with van der Waals surface area (Å²) in [5.41, 5.74) is 7.38. The van der Waals surface area contributed by atoms with E-state index in [4.69, 9.17) is 4.74 Å². The van der Waals surface area contributed by atoms with E-state index in [9.17, 15) is 4.79 Å². The van der Waals surface area contributed by atoms with Crippen LogP contribution in [0.15, 0.2) is 36.4 Å². The lowest BCUT2D eigenvalue weighted by molar-refractivity contribution is -0.123. The van der Waals surface area contributed by atoms with Crippen molar-refractivity contribution < 1.29 is 9.53 Å². The number of rotatable bonds is 4. The van der Waals surface area contributed by atoms with Crippen LogP contribution in [0.25, 0.3) is 10.9 Å². The van der Waals surface area contributed by atoms with Gasteiger partial charge in [-0.3, -0.25) is 4.79 Å². The number of carbonyl (C=O) groups excluding carboxylic acids is 1. The van der Waals surface area contributed by atoms with E-state index in [0.29, 0.717) is 0 Å². The summed E-state index contributed by atoms with van der Waals surface area (Å²) >= 11 is 0. The lowest BCUT2D eigenvalue weighted by Crippen LogP contribution is -2.41. The molecule has 0 aliphatic heterocycles. The first-order chi connectivity index (χ1) is 13.0.